The highest BCUT2D eigenvalue weighted by atomic mass is 35.5. The van der Waals surface area contributed by atoms with E-state index in [1.54, 1.807) is 48.5 Å². The third-order valence-corrected chi connectivity index (χ3v) is 5.41. The summed E-state index contributed by atoms with van der Waals surface area (Å²) in [5.41, 5.74) is 1.48. The van der Waals surface area contributed by atoms with E-state index in [0.717, 1.165) is 5.56 Å². The van der Waals surface area contributed by atoms with E-state index >= 15 is 0 Å². The van der Waals surface area contributed by atoms with E-state index in [9.17, 15) is 4.79 Å². The number of hydrogen-bond acceptors (Lipinski definition) is 3. The number of nitrogens with zero attached hydrogens (tertiary/aromatic N) is 1. The van der Waals surface area contributed by atoms with Gasteiger partial charge in [0.25, 0.3) is 5.91 Å². The van der Waals surface area contributed by atoms with Crippen LogP contribution < -0.4 is 4.90 Å². The number of benzene rings is 2. The zero-order valence-electron chi connectivity index (χ0n) is 11.4. The van der Waals surface area contributed by atoms with Gasteiger partial charge in [0.1, 0.15) is 0 Å². The van der Waals surface area contributed by atoms with E-state index in [-0.39, 0.29) is 5.91 Å². The van der Waals surface area contributed by atoms with Gasteiger partial charge in [-0.2, -0.15) is 0 Å². The monoisotopic (exact) mass is 399 g/mol. The Labute approximate surface area is 158 Å². The zero-order chi connectivity index (χ0) is 16.6. The molecule has 1 fully saturated rings. The van der Waals surface area contributed by atoms with Gasteiger partial charge < -0.3 is 0 Å². The lowest BCUT2D eigenvalue weighted by Gasteiger charge is -2.14. The molecule has 0 N–H and O–H groups in total. The molecule has 1 aliphatic rings. The van der Waals surface area contributed by atoms with Gasteiger partial charge in [0, 0.05) is 5.02 Å². The van der Waals surface area contributed by atoms with Gasteiger partial charge in [-0.15, -0.1) is 0 Å². The van der Waals surface area contributed by atoms with E-state index in [1.165, 1.54) is 16.7 Å². The Kier molecular flexibility index (Phi) is 4.99. The highest BCUT2D eigenvalue weighted by Gasteiger charge is 2.33. The number of rotatable bonds is 2. The van der Waals surface area contributed by atoms with Gasteiger partial charge in [0.05, 0.1) is 20.6 Å². The predicted octanol–water partition coefficient (Wildman–Crippen LogP) is 6.05. The van der Waals surface area contributed by atoms with Crippen LogP contribution in [0.3, 0.4) is 0 Å². The molecule has 0 atom stereocenters. The summed E-state index contributed by atoms with van der Waals surface area (Å²) in [7, 11) is 0. The number of thiocarbonyl (C=S) groups is 1. The molecule has 1 aliphatic heterocycles. The summed E-state index contributed by atoms with van der Waals surface area (Å²) in [6.45, 7) is 0. The molecule has 7 heteroatoms. The average molecular weight is 401 g/mol. The Hall–Kier alpha value is -1.04. The fraction of sp³-hybridized carbons (Fsp3) is 0. The molecule has 23 heavy (non-hydrogen) atoms. The predicted molar refractivity (Wildman–Crippen MR) is 104 cm³/mol. The van der Waals surface area contributed by atoms with Crippen molar-refractivity contribution in [1.82, 2.24) is 0 Å². The van der Waals surface area contributed by atoms with Crippen molar-refractivity contribution >= 4 is 80.8 Å². The third kappa shape index (κ3) is 3.57. The summed E-state index contributed by atoms with van der Waals surface area (Å²) in [6.07, 6.45) is 1.75. The maximum Gasteiger partial charge on any atom is 0.270 e. The second-order valence-electron chi connectivity index (χ2n) is 4.67. The van der Waals surface area contributed by atoms with Crippen LogP contribution in [0.15, 0.2) is 47.4 Å². The maximum absolute atomic E-state index is 12.6. The first-order valence-electron chi connectivity index (χ1n) is 6.44. The normalized spacial score (nSPS) is 16.5. The molecular formula is C16H8Cl3NOS2. The highest BCUT2D eigenvalue weighted by molar-refractivity contribution is 8.27. The molecule has 0 spiro atoms. The fourth-order valence-corrected chi connectivity index (χ4v) is 3.77. The van der Waals surface area contributed by atoms with E-state index in [1.807, 2.05) is 0 Å². The largest absolute Gasteiger partial charge is 0.270 e. The zero-order valence-corrected chi connectivity index (χ0v) is 15.3. The van der Waals surface area contributed by atoms with Crippen molar-refractivity contribution in [2.24, 2.45) is 0 Å². The minimum Gasteiger partial charge on any atom is -0.268 e. The maximum atomic E-state index is 12.6. The first kappa shape index (κ1) is 16.8. The minimum absolute atomic E-state index is 0.173. The quantitative estimate of drug-likeness (QED) is 0.452. The first-order valence-corrected chi connectivity index (χ1v) is 8.80. The molecule has 0 bridgehead atoms. The molecule has 2 aromatic rings. The molecule has 0 aromatic heterocycles. The van der Waals surface area contributed by atoms with Crippen LogP contribution >= 0.6 is 58.8 Å². The van der Waals surface area contributed by atoms with Crippen molar-refractivity contribution in [3.8, 4) is 0 Å². The first-order chi connectivity index (χ1) is 11.0. The number of anilines is 1. The van der Waals surface area contributed by atoms with E-state index < -0.39 is 0 Å². The van der Waals surface area contributed by atoms with E-state index in [2.05, 4.69) is 0 Å². The van der Waals surface area contributed by atoms with Gasteiger partial charge in [-0.25, -0.2) is 0 Å². The molecule has 3 rings (SSSR count). The summed E-state index contributed by atoms with van der Waals surface area (Å²) < 4.78 is 0.476. The number of hydrogen-bond donors (Lipinski definition) is 0. The van der Waals surface area contributed by atoms with Crippen molar-refractivity contribution in [3.05, 3.63) is 68.0 Å². The van der Waals surface area contributed by atoms with Crippen LogP contribution in [0.5, 0.6) is 0 Å². The Balaban J connectivity index is 1.92. The van der Waals surface area contributed by atoms with Gasteiger partial charge in [-0.1, -0.05) is 64.8 Å². The summed E-state index contributed by atoms with van der Waals surface area (Å²) in [5, 5.41) is 1.51. The number of thioether (sulfide) groups is 1. The van der Waals surface area contributed by atoms with Crippen LogP contribution in [0.25, 0.3) is 6.08 Å². The molecule has 1 saturated heterocycles. The van der Waals surface area contributed by atoms with Crippen LogP contribution in [0.4, 0.5) is 5.69 Å². The molecule has 0 saturated carbocycles. The highest BCUT2D eigenvalue weighted by Crippen LogP contribution is 2.36. The molecule has 2 aromatic carbocycles. The summed E-state index contributed by atoms with van der Waals surface area (Å²) in [6, 6.07) is 12.2. The minimum atomic E-state index is -0.173. The Morgan fingerprint density at radius 1 is 1.00 bits per heavy atom. The third-order valence-electron chi connectivity index (χ3n) is 3.12. The summed E-state index contributed by atoms with van der Waals surface area (Å²) in [5.74, 6) is -0.173. The fourth-order valence-electron chi connectivity index (χ4n) is 2.03. The van der Waals surface area contributed by atoms with Crippen molar-refractivity contribution in [3.63, 3.8) is 0 Å². The van der Waals surface area contributed by atoms with Crippen molar-refractivity contribution in [2.75, 3.05) is 4.90 Å². The number of carbonyl (C=O) groups excluding carboxylic acids is 1. The number of carbonyl (C=O) groups is 1. The van der Waals surface area contributed by atoms with E-state index in [0.29, 0.717) is 30.0 Å². The lowest BCUT2D eigenvalue weighted by Crippen LogP contribution is -2.27. The van der Waals surface area contributed by atoms with Crippen molar-refractivity contribution < 1.29 is 4.79 Å². The van der Waals surface area contributed by atoms with Gasteiger partial charge in [0.2, 0.25) is 0 Å². The smallest absolute Gasteiger partial charge is 0.268 e. The molecule has 1 amide bonds. The van der Waals surface area contributed by atoms with Crippen molar-refractivity contribution in [2.45, 2.75) is 0 Å². The lowest BCUT2D eigenvalue weighted by atomic mass is 10.2. The molecule has 2 nitrogen and oxygen atoms in total. The molecular weight excluding hydrogens is 393 g/mol. The number of amides is 1. The second kappa shape index (κ2) is 6.83. The standard InChI is InChI=1S/C16H8Cl3NOS2/c17-10-2-4-11(5-3-10)20-15(21)14(23-16(20)22)8-9-1-6-12(18)13(19)7-9/h1-8H/b14-8-. The van der Waals surface area contributed by atoms with Crippen LogP contribution in [-0.4, -0.2) is 10.2 Å². The Morgan fingerprint density at radius 3 is 2.35 bits per heavy atom. The molecule has 1 heterocycles. The molecule has 0 radical (unpaired) electrons. The van der Waals surface area contributed by atoms with Gasteiger partial charge in [-0.05, 0) is 48.0 Å². The Morgan fingerprint density at radius 2 is 1.70 bits per heavy atom. The summed E-state index contributed by atoms with van der Waals surface area (Å²) >= 11 is 24.3. The summed E-state index contributed by atoms with van der Waals surface area (Å²) in [4.78, 5) is 14.6. The lowest BCUT2D eigenvalue weighted by molar-refractivity contribution is -0.113. The molecule has 116 valence electrons. The topological polar surface area (TPSA) is 20.3 Å². The van der Waals surface area contributed by atoms with E-state index in [4.69, 9.17) is 47.0 Å². The molecule has 0 unspecified atom stereocenters. The van der Waals surface area contributed by atoms with Crippen molar-refractivity contribution in [1.29, 1.82) is 0 Å². The second-order valence-corrected chi connectivity index (χ2v) is 7.59. The van der Waals surface area contributed by atoms with Gasteiger partial charge in [-0.3, -0.25) is 9.69 Å². The van der Waals surface area contributed by atoms with Crippen LogP contribution in [0.2, 0.25) is 15.1 Å². The number of halogens is 3. The average Bonchev–Trinajstić information content (AvgIpc) is 2.79. The van der Waals surface area contributed by atoms with Gasteiger partial charge in [0.15, 0.2) is 4.32 Å². The van der Waals surface area contributed by atoms with Crippen LogP contribution in [-0.2, 0) is 4.79 Å². The van der Waals surface area contributed by atoms with Gasteiger partial charge >= 0.3 is 0 Å². The Bertz CT molecular complexity index is 834. The van der Waals surface area contributed by atoms with Crippen LogP contribution in [0.1, 0.15) is 5.56 Å². The SMILES string of the molecule is O=C1/C(=C/c2ccc(Cl)c(Cl)c2)SC(=S)N1c1ccc(Cl)cc1. The van der Waals surface area contributed by atoms with Crippen LogP contribution in [0, 0.1) is 0 Å². The molecule has 0 aliphatic carbocycles.